The van der Waals surface area contributed by atoms with Crippen LogP contribution < -0.4 is 5.32 Å². The SMILES string of the molecule is COC(=O)c1cc(C)ccc1NCc1cc(C)cc(C)c1. The number of hydrogen-bond acceptors (Lipinski definition) is 3. The van der Waals surface area contributed by atoms with E-state index >= 15 is 0 Å². The van der Waals surface area contributed by atoms with Gasteiger partial charge in [-0.3, -0.25) is 0 Å². The Labute approximate surface area is 126 Å². The van der Waals surface area contributed by atoms with E-state index in [1.54, 1.807) is 0 Å². The van der Waals surface area contributed by atoms with Crippen LogP contribution in [0.25, 0.3) is 0 Å². The van der Waals surface area contributed by atoms with Crippen molar-refractivity contribution in [2.45, 2.75) is 27.3 Å². The summed E-state index contributed by atoms with van der Waals surface area (Å²) in [6.07, 6.45) is 0. The van der Waals surface area contributed by atoms with Gasteiger partial charge in [-0.25, -0.2) is 4.79 Å². The molecular formula is C18H21NO2. The van der Waals surface area contributed by atoms with Gasteiger partial charge in [0, 0.05) is 12.2 Å². The van der Waals surface area contributed by atoms with Crippen molar-refractivity contribution < 1.29 is 9.53 Å². The second kappa shape index (κ2) is 6.44. The standard InChI is InChI=1S/C18H21NO2/c1-12-5-6-17(16(10-12)18(20)21-4)19-11-15-8-13(2)7-14(3)9-15/h5-10,19H,11H2,1-4H3. The lowest BCUT2D eigenvalue weighted by molar-refractivity contribution is 0.0601. The zero-order valence-electron chi connectivity index (χ0n) is 13.0. The van der Waals surface area contributed by atoms with Crippen LogP contribution in [0.5, 0.6) is 0 Å². The van der Waals surface area contributed by atoms with Crippen LogP contribution in [0.3, 0.4) is 0 Å². The highest BCUT2D eigenvalue weighted by Crippen LogP contribution is 2.20. The third-order valence-corrected chi connectivity index (χ3v) is 3.34. The first-order valence-electron chi connectivity index (χ1n) is 6.99. The van der Waals surface area contributed by atoms with Crippen LogP contribution in [0.15, 0.2) is 36.4 Å². The summed E-state index contributed by atoms with van der Waals surface area (Å²) in [6.45, 7) is 6.81. The molecular weight excluding hydrogens is 262 g/mol. The van der Waals surface area contributed by atoms with E-state index in [-0.39, 0.29) is 5.97 Å². The molecule has 2 aromatic carbocycles. The Bertz CT molecular complexity index is 642. The van der Waals surface area contributed by atoms with Crippen LogP contribution in [0.2, 0.25) is 0 Å². The predicted molar refractivity (Wildman–Crippen MR) is 85.8 cm³/mol. The second-order valence-electron chi connectivity index (χ2n) is 5.39. The van der Waals surface area contributed by atoms with Gasteiger partial charge >= 0.3 is 5.97 Å². The van der Waals surface area contributed by atoms with Crippen molar-refractivity contribution in [1.29, 1.82) is 0 Å². The number of nitrogens with one attached hydrogen (secondary N) is 1. The summed E-state index contributed by atoms with van der Waals surface area (Å²) in [5, 5.41) is 3.33. The summed E-state index contributed by atoms with van der Waals surface area (Å²) in [6, 6.07) is 12.2. The van der Waals surface area contributed by atoms with Gasteiger partial charge in [-0.2, -0.15) is 0 Å². The summed E-state index contributed by atoms with van der Waals surface area (Å²) >= 11 is 0. The lowest BCUT2D eigenvalue weighted by Gasteiger charge is -2.12. The van der Waals surface area contributed by atoms with Crippen molar-refractivity contribution in [2.75, 3.05) is 12.4 Å². The number of carbonyl (C=O) groups excluding carboxylic acids is 1. The van der Waals surface area contributed by atoms with Crippen LogP contribution in [-0.2, 0) is 11.3 Å². The average Bonchev–Trinajstić information content (AvgIpc) is 2.44. The summed E-state index contributed by atoms with van der Waals surface area (Å²) in [5.74, 6) is -0.318. The molecule has 0 bridgehead atoms. The van der Waals surface area contributed by atoms with E-state index in [1.165, 1.54) is 23.8 Å². The molecule has 0 amide bonds. The minimum Gasteiger partial charge on any atom is -0.465 e. The van der Waals surface area contributed by atoms with Crippen molar-refractivity contribution in [3.63, 3.8) is 0 Å². The molecule has 2 rings (SSSR count). The smallest absolute Gasteiger partial charge is 0.339 e. The molecule has 1 N–H and O–H groups in total. The van der Waals surface area contributed by atoms with Gasteiger partial charge in [0.25, 0.3) is 0 Å². The molecule has 21 heavy (non-hydrogen) atoms. The van der Waals surface area contributed by atoms with E-state index in [1.807, 2.05) is 25.1 Å². The quantitative estimate of drug-likeness (QED) is 0.862. The van der Waals surface area contributed by atoms with Crippen LogP contribution in [0.1, 0.15) is 32.6 Å². The lowest BCUT2D eigenvalue weighted by atomic mass is 10.1. The number of methoxy groups -OCH3 is 1. The molecule has 0 fully saturated rings. The zero-order valence-corrected chi connectivity index (χ0v) is 13.0. The van der Waals surface area contributed by atoms with Gasteiger partial charge in [-0.15, -0.1) is 0 Å². The van der Waals surface area contributed by atoms with Gasteiger partial charge in [0.2, 0.25) is 0 Å². The molecule has 3 nitrogen and oxygen atoms in total. The normalized spacial score (nSPS) is 10.3. The van der Waals surface area contributed by atoms with Crippen LogP contribution in [-0.4, -0.2) is 13.1 Å². The number of carbonyl (C=O) groups is 1. The molecule has 0 unspecified atom stereocenters. The van der Waals surface area contributed by atoms with E-state index in [2.05, 4.69) is 37.4 Å². The molecule has 0 radical (unpaired) electrons. The molecule has 2 aromatic rings. The molecule has 0 saturated heterocycles. The van der Waals surface area contributed by atoms with Crippen molar-refractivity contribution in [1.82, 2.24) is 0 Å². The summed E-state index contributed by atoms with van der Waals surface area (Å²) in [4.78, 5) is 11.8. The van der Waals surface area contributed by atoms with Gasteiger partial charge in [0.15, 0.2) is 0 Å². The van der Waals surface area contributed by atoms with E-state index in [0.29, 0.717) is 12.1 Å². The summed E-state index contributed by atoms with van der Waals surface area (Å²) in [7, 11) is 1.40. The Kier molecular flexibility index (Phi) is 4.63. The lowest BCUT2D eigenvalue weighted by Crippen LogP contribution is -2.09. The van der Waals surface area contributed by atoms with Crippen molar-refractivity contribution in [3.05, 3.63) is 64.2 Å². The molecule has 0 spiro atoms. The molecule has 0 aromatic heterocycles. The fourth-order valence-corrected chi connectivity index (χ4v) is 2.46. The van der Waals surface area contributed by atoms with Gasteiger partial charge in [-0.05, 0) is 38.5 Å². The predicted octanol–water partition coefficient (Wildman–Crippen LogP) is 4.01. The Hall–Kier alpha value is -2.29. The number of benzene rings is 2. The van der Waals surface area contributed by atoms with E-state index in [4.69, 9.17) is 4.74 Å². The third kappa shape index (κ3) is 3.85. The van der Waals surface area contributed by atoms with Crippen molar-refractivity contribution in [2.24, 2.45) is 0 Å². The Morgan fingerprint density at radius 2 is 1.67 bits per heavy atom. The molecule has 0 aliphatic rings. The highest BCUT2D eigenvalue weighted by atomic mass is 16.5. The fourth-order valence-electron chi connectivity index (χ4n) is 2.46. The molecule has 0 aliphatic heterocycles. The average molecular weight is 283 g/mol. The number of anilines is 1. The van der Waals surface area contributed by atoms with Gasteiger partial charge < -0.3 is 10.1 Å². The molecule has 0 heterocycles. The van der Waals surface area contributed by atoms with Crippen molar-refractivity contribution in [3.8, 4) is 0 Å². The first-order chi connectivity index (χ1) is 9.99. The first kappa shape index (κ1) is 15.1. The van der Waals surface area contributed by atoms with E-state index in [0.717, 1.165) is 11.3 Å². The second-order valence-corrected chi connectivity index (χ2v) is 5.39. The summed E-state index contributed by atoms with van der Waals surface area (Å²) in [5.41, 5.74) is 6.08. The largest absolute Gasteiger partial charge is 0.465 e. The Morgan fingerprint density at radius 1 is 1.00 bits per heavy atom. The maximum atomic E-state index is 11.8. The van der Waals surface area contributed by atoms with Gasteiger partial charge in [-0.1, -0.05) is 41.0 Å². The molecule has 110 valence electrons. The Morgan fingerprint density at radius 3 is 2.29 bits per heavy atom. The number of aryl methyl sites for hydroxylation is 3. The van der Waals surface area contributed by atoms with Crippen LogP contribution in [0, 0.1) is 20.8 Å². The van der Waals surface area contributed by atoms with Crippen LogP contribution in [0.4, 0.5) is 5.69 Å². The van der Waals surface area contributed by atoms with Gasteiger partial charge in [0.05, 0.1) is 12.7 Å². The van der Waals surface area contributed by atoms with Gasteiger partial charge in [0.1, 0.15) is 0 Å². The fraction of sp³-hybridized carbons (Fsp3) is 0.278. The van der Waals surface area contributed by atoms with E-state index < -0.39 is 0 Å². The zero-order chi connectivity index (χ0) is 15.4. The third-order valence-electron chi connectivity index (χ3n) is 3.34. The van der Waals surface area contributed by atoms with Crippen molar-refractivity contribution >= 4 is 11.7 Å². The minimum atomic E-state index is -0.318. The number of esters is 1. The monoisotopic (exact) mass is 283 g/mol. The minimum absolute atomic E-state index is 0.318. The maximum absolute atomic E-state index is 11.8. The molecule has 3 heteroatoms. The number of rotatable bonds is 4. The Balaban J connectivity index is 2.21. The topological polar surface area (TPSA) is 38.3 Å². The molecule has 0 saturated carbocycles. The highest BCUT2D eigenvalue weighted by molar-refractivity contribution is 5.95. The van der Waals surface area contributed by atoms with E-state index in [9.17, 15) is 4.79 Å². The number of hydrogen-bond donors (Lipinski definition) is 1. The molecule has 0 aliphatic carbocycles. The van der Waals surface area contributed by atoms with Crippen LogP contribution >= 0.6 is 0 Å². The number of ether oxygens (including phenoxy) is 1. The maximum Gasteiger partial charge on any atom is 0.339 e. The molecule has 0 atom stereocenters. The summed E-state index contributed by atoms with van der Waals surface area (Å²) < 4.78 is 4.84. The highest BCUT2D eigenvalue weighted by Gasteiger charge is 2.11. The first-order valence-corrected chi connectivity index (χ1v) is 6.99.